The Bertz CT molecular complexity index is 1130. The smallest absolute Gasteiger partial charge is 0.0704 e. The fraction of sp³-hybridized carbons (Fsp3) is 0.0435. The Labute approximate surface area is 145 Å². The molecule has 2 heterocycles. The van der Waals surface area contributed by atoms with Crippen molar-refractivity contribution in [3.05, 3.63) is 90.0 Å². The van der Waals surface area contributed by atoms with Gasteiger partial charge in [0.1, 0.15) is 0 Å². The second-order valence-corrected chi connectivity index (χ2v) is 6.82. The standard InChI is InChI=1S/C23H16N2/c1-3-7-14(8-4-1)20-12-18-16-11-17(16)19-13-21(15-9-5-2-6-10-15)25-23(19)22(18)24-20/h1-13,16,24-25H/t16-/m1/s1. The monoisotopic (exact) mass is 320 g/mol. The Morgan fingerprint density at radius 1 is 0.640 bits per heavy atom. The number of nitrogens with one attached hydrogen (secondary N) is 2. The highest BCUT2D eigenvalue weighted by Gasteiger charge is 2.39. The first kappa shape index (κ1) is 13.1. The van der Waals surface area contributed by atoms with E-state index in [-0.39, 0.29) is 0 Å². The average Bonchev–Trinajstić information content (AvgIpc) is 3.16. The SMILES string of the molecule is C1=C2c3cc(-c4ccccc4)[nH]c3-c3[nH]c(-c4ccccc4)cc3[C@H]12. The first-order chi connectivity index (χ1) is 12.4. The van der Waals surface area contributed by atoms with Gasteiger partial charge < -0.3 is 9.97 Å². The van der Waals surface area contributed by atoms with Crippen molar-refractivity contribution in [2.75, 3.05) is 0 Å². The zero-order valence-corrected chi connectivity index (χ0v) is 13.6. The fourth-order valence-electron chi connectivity index (χ4n) is 3.99. The first-order valence-corrected chi connectivity index (χ1v) is 8.68. The predicted molar refractivity (Wildman–Crippen MR) is 102 cm³/mol. The van der Waals surface area contributed by atoms with E-state index in [0.29, 0.717) is 5.92 Å². The minimum Gasteiger partial charge on any atom is -0.353 e. The number of rotatable bonds is 2. The summed E-state index contributed by atoms with van der Waals surface area (Å²) in [6.45, 7) is 0. The van der Waals surface area contributed by atoms with Crippen LogP contribution in [0.1, 0.15) is 17.0 Å². The van der Waals surface area contributed by atoms with Crippen molar-refractivity contribution in [3.63, 3.8) is 0 Å². The molecule has 0 unspecified atom stereocenters. The van der Waals surface area contributed by atoms with Crippen LogP contribution in [-0.2, 0) is 0 Å². The predicted octanol–water partition coefficient (Wildman–Crippen LogP) is 5.84. The van der Waals surface area contributed by atoms with Gasteiger partial charge in [0.05, 0.1) is 11.4 Å². The minimum atomic E-state index is 0.482. The van der Waals surface area contributed by atoms with Gasteiger partial charge in [0.2, 0.25) is 0 Å². The number of hydrogen-bond donors (Lipinski definition) is 2. The minimum absolute atomic E-state index is 0.482. The van der Waals surface area contributed by atoms with Gasteiger partial charge in [-0.3, -0.25) is 0 Å². The molecule has 1 atom stereocenters. The maximum Gasteiger partial charge on any atom is 0.0704 e. The molecule has 0 saturated carbocycles. The Morgan fingerprint density at radius 2 is 1.24 bits per heavy atom. The molecule has 0 bridgehead atoms. The molecule has 0 radical (unpaired) electrons. The van der Waals surface area contributed by atoms with Crippen LogP contribution in [0.15, 0.2) is 78.9 Å². The van der Waals surface area contributed by atoms with Gasteiger partial charge in [-0.05, 0) is 34.4 Å². The van der Waals surface area contributed by atoms with Crippen molar-refractivity contribution < 1.29 is 0 Å². The third-order valence-electron chi connectivity index (χ3n) is 5.30. The van der Waals surface area contributed by atoms with Crippen LogP contribution in [0.3, 0.4) is 0 Å². The molecule has 0 saturated heterocycles. The van der Waals surface area contributed by atoms with Crippen LogP contribution in [0, 0.1) is 0 Å². The van der Waals surface area contributed by atoms with Crippen LogP contribution in [0.2, 0.25) is 0 Å². The molecule has 0 spiro atoms. The molecule has 0 amide bonds. The topological polar surface area (TPSA) is 31.6 Å². The van der Waals surface area contributed by atoms with Crippen molar-refractivity contribution in [2.24, 2.45) is 0 Å². The maximum absolute atomic E-state index is 3.66. The van der Waals surface area contributed by atoms with Gasteiger partial charge in [-0.25, -0.2) is 0 Å². The van der Waals surface area contributed by atoms with E-state index in [4.69, 9.17) is 0 Å². The zero-order valence-electron chi connectivity index (χ0n) is 13.6. The summed E-state index contributed by atoms with van der Waals surface area (Å²) in [5.41, 5.74) is 11.5. The molecule has 4 aromatic rings. The van der Waals surface area contributed by atoms with Crippen molar-refractivity contribution in [1.29, 1.82) is 0 Å². The van der Waals surface area contributed by atoms with Gasteiger partial charge in [0.15, 0.2) is 0 Å². The summed E-state index contributed by atoms with van der Waals surface area (Å²) in [6, 6.07) is 25.7. The lowest BCUT2D eigenvalue weighted by molar-refractivity contribution is 1.20. The number of aromatic nitrogens is 2. The van der Waals surface area contributed by atoms with Gasteiger partial charge in [0, 0.05) is 22.9 Å². The second-order valence-electron chi connectivity index (χ2n) is 6.82. The number of H-pyrrole nitrogens is 2. The third-order valence-corrected chi connectivity index (χ3v) is 5.30. The summed E-state index contributed by atoms with van der Waals surface area (Å²) in [5.74, 6) is 0.482. The van der Waals surface area contributed by atoms with Crippen LogP contribution < -0.4 is 0 Å². The highest BCUT2D eigenvalue weighted by Crippen LogP contribution is 2.57. The summed E-state index contributed by atoms with van der Waals surface area (Å²) in [4.78, 5) is 7.32. The molecule has 25 heavy (non-hydrogen) atoms. The largest absolute Gasteiger partial charge is 0.353 e. The fourth-order valence-corrected chi connectivity index (χ4v) is 3.99. The summed E-state index contributed by atoms with van der Waals surface area (Å²) < 4.78 is 0. The Morgan fingerprint density at radius 3 is 1.92 bits per heavy atom. The lowest BCUT2D eigenvalue weighted by Gasteiger charge is -2.10. The van der Waals surface area contributed by atoms with Gasteiger partial charge in [-0.2, -0.15) is 0 Å². The first-order valence-electron chi connectivity index (χ1n) is 8.68. The van der Waals surface area contributed by atoms with Crippen LogP contribution in [0.25, 0.3) is 39.5 Å². The van der Waals surface area contributed by atoms with Gasteiger partial charge >= 0.3 is 0 Å². The van der Waals surface area contributed by atoms with Crippen molar-refractivity contribution >= 4 is 5.57 Å². The lowest BCUT2D eigenvalue weighted by Crippen LogP contribution is -1.94. The van der Waals surface area contributed by atoms with Crippen LogP contribution in [-0.4, -0.2) is 9.97 Å². The molecule has 0 aliphatic heterocycles. The molecule has 2 nitrogen and oxygen atoms in total. The van der Waals surface area contributed by atoms with Crippen molar-refractivity contribution in [3.8, 4) is 33.9 Å². The number of fused-ring (bicyclic) bond motifs is 6. The zero-order chi connectivity index (χ0) is 16.4. The van der Waals surface area contributed by atoms with E-state index in [1.807, 2.05) is 0 Å². The van der Waals surface area contributed by atoms with E-state index >= 15 is 0 Å². The van der Waals surface area contributed by atoms with E-state index in [1.54, 1.807) is 0 Å². The lowest BCUT2D eigenvalue weighted by atomic mass is 9.95. The molecular formula is C23H16N2. The normalized spacial score (nSPS) is 16.6. The third kappa shape index (κ3) is 1.85. The Kier molecular flexibility index (Phi) is 2.43. The molecule has 2 heteroatoms. The van der Waals surface area contributed by atoms with Crippen molar-refractivity contribution in [1.82, 2.24) is 9.97 Å². The molecule has 2 aliphatic rings. The Balaban J connectivity index is 1.52. The molecule has 2 aliphatic carbocycles. The van der Waals surface area contributed by atoms with Crippen molar-refractivity contribution in [2.45, 2.75) is 5.92 Å². The van der Waals surface area contributed by atoms with E-state index in [9.17, 15) is 0 Å². The number of allylic oxidation sites excluding steroid dienone is 2. The summed E-state index contributed by atoms with van der Waals surface area (Å²) >= 11 is 0. The van der Waals surface area contributed by atoms with Crippen LogP contribution in [0.5, 0.6) is 0 Å². The van der Waals surface area contributed by atoms with Gasteiger partial charge in [0.25, 0.3) is 0 Å². The quantitative estimate of drug-likeness (QED) is 0.465. The number of aromatic amines is 2. The average molecular weight is 320 g/mol. The highest BCUT2D eigenvalue weighted by molar-refractivity contribution is 6.00. The van der Waals surface area contributed by atoms with E-state index in [0.717, 1.165) is 0 Å². The van der Waals surface area contributed by atoms with E-state index in [1.165, 1.54) is 50.6 Å². The summed E-state index contributed by atoms with van der Waals surface area (Å²) in [6.07, 6.45) is 2.37. The molecule has 0 fully saturated rings. The Hall–Kier alpha value is -3.26. The number of hydrogen-bond acceptors (Lipinski definition) is 0. The van der Waals surface area contributed by atoms with Gasteiger partial charge in [-0.1, -0.05) is 66.7 Å². The molecular weight excluding hydrogens is 304 g/mol. The summed E-state index contributed by atoms with van der Waals surface area (Å²) in [7, 11) is 0. The molecule has 2 aromatic carbocycles. The highest BCUT2D eigenvalue weighted by atomic mass is 14.8. The molecule has 2 aromatic heterocycles. The number of benzene rings is 2. The molecule has 6 rings (SSSR count). The van der Waals surface area contributed by atoms with Crippen LogP contribution in [0.4, 0.5) is 0 Å². The summed E-state index contributed by atoms with van der Waals surface area (Å²) in [5, 5.41) is 0. The van der Waals surface area contributed by atoms with Crippen LogP contribution >= 0.6 is 0 Å². The molecule has 2 N–H and O–H groups in total. The van der Waals surface area contributed by atoms with E-state index in [2.05, 4.69) is 88.8 Å². The maximum atomic E-state index is 3.66. The van der Waals surface area contributed by atoms with E-state index < -0.39 is 0 Å². The van der Waals surface area contributed by atoms with Gasteiger partial charge in [-0.15, -0.1) is 0 Å². The molecule has 118 valence electrons. The second kappa shape index (κ2) is 4.64.